The number of hydrogen-bond donors (Lipinski definition) is 1. The van der Waals surface area contributed by atoms with Crippen LogP contribution in [0.2, 0.25) is 0 Å². The molecule has 3 heteroatoms. The van der Waals surface area contributed by atoms with Crippen molar-refractivity contribution in [2.45, 2.75) is 26.2 Å². The fraction of sp³-hybridized carbons (Fsp3) is 0.462. The summed E-state index contributed by atoms with van der Waals surface area (Å²) in [6.45, 7) is 4.19. The number of carbonyl (C=O) groups is 1. The maximum atomic E-state index is 11.0. The first kappa shape index (κ1) is 12.6. The van der Waals surface area contributed by atoms with Crippen LogP contribution in [0.5, 0.6) is 5.75 Å². The van der Waals surface area contributed by atoms with Gasteiger partial charge in [-0.15, -0.1) is 0 Å². The fourth-order valence-electron chi connectivity index (χ4n) is 1.81. The van der Waals surface area contributed by atoms with Crippen molar-refractivity contribution < 1.29 is 9.53 Å². The van der Waals surface area contributed by atoms with Crippen molar-refractivity contribution in [2.75, 3.05) is 7.11 Å². The van der Waals surface area contributed by atoms with E-state index in [9.17, 15) is 4.79 Å². The Labute approximate surface area is 96.6 Å². The van der Waals surface area contributed by atoms with Crippen molar-refractivity contribution >= 4 is 5.91 Å². The largest absolute Gasteiger partial charge is 0.497 e. The van der Waals surface area contributed by atoms with Crippen LogP contribution in [0, 0.1) is 5.92 Å². The van der Waals surface area contributed by atoms with Crippen LogP contribution in [-0.2, 0) is 4.79 Å². The molecule has 1 aromatic rings. The SMILES string of the molecule is COc1ccc(C(CC(N)=O)C(C)C)cc1. The predicted molar refractivity (Wildman–Crippen MR) is 64.4 cm³/mol. The maximum Gasteiger partial charge on any atom is 0.218 e. The van der Waals surface area contributed by atoms with Gasteiger partial charge in [-0.25, -0.2) is 0 Å². The van der Waals surface area contributed by atoms with E-state index < -0.39 is 0 Å². The quantitative estimate of drug-likeness (QED) is 0.829. The topological polar surface area (TPSA) is 52.3 Å². The van der Waals surface area contributed by atoms with Gasteiger partial charge >= 0.3 is 0 Å². The van der Waals surface area contributed by atoms with Crippen molar-refractivity contribution in [3.05, 3.63) is 29.8 Å². The minimum Gasteiger partial charge on any atom is -0.497 e. The molecule has 1 amide bonds. The summed E-state index contributed by atoms with van der Waals surface area (Å²) in [5.41, 5.74) is 6.39. The Morgan fingerprint density at radius 2 is 1.88 bits per heavy atom. The highest BCUT2D eigenvalue weighted by molar-refractivity contribution is 5.74. The van der Waals surface area contributed by atoms with E-state index in [0.29, 0.717) is 12.3 Å². The molecule has 1 aromatic carbocycles. The molecule has 0 aromatic heterocycles. The van der Waals surface area contributed by atoms with E-state index in [2.05, 4.69) is 13.8 Å². The average molecular weight is 221 g/mol. The Bertz CT molecular complexity index is 343. The summed E-state index contributed by atoms with van der Waals surface area (Å²) in [5.74, 6) is 1.14. The van der Waals surface area contributed by atoms with Crippen molar-refractivity contribution in [3.63, 3.8) is 0 Å². The molecule has 1 atom stereocenters. The summed E-state index contributed by atoms with van der Waals surface area (Å²) in [5, 5.41) is 0. The highest BCUT2D eigenvalue weighted by Crippen LogP contribution is 2.28. The highest BCUT2D eigenvalue weighted by atomic mass is 16.5. The van der Waals surface area contributed by atoms with E-state index in [1.807, 2.05) is 24.3 Å². The number of benzene rings is 1. The van der Waals surface area contributed by atoms with Gasteiger partial charge in [-0.1, -0.05) is 26.0 Å². The van der Waals surface area contributed by atoms with Crippen LogP contribution in [0.3, 0.4) is 0 Å². The molecule has 0 saturated carbocycles. The molecule has 1 rings (SSSR count). The Kier molecular flexibility index (Phi) is 4.35. The normalized spacial score (nSPS) is 12.5. The molecule has 88 valence electrons. The molecule has 0 fully saturated rings. The molecule has 2 N–H and O–H groups in total. The van der Waals surface area contributed by atoms with Gasteiger partial charge in [-0.3, -0.25) is 4.79 Å². The van der Waals surface area contributed by atoms with Crippen molar-refractivity contribution in [3.8, 4) is 5.75 Å². The maximum absolute atomic E-state index is 11.0. The smallest absolute Gasteiger partial charge is 0.218 e. The fourth-order valence-corrected chi connectivity index (χ4v) is 1.81. The number of hydrogen-bond acceptors (Lipinski definition) is 2. The summed E-state index contributed by atoms with van der Waals surface area (Å²) < 4.78 is 5.10. The number of primary amides is 1. The molecule has 0 spiro atoms. The monoisotopic (exact) mass is 221 g/mol. The summed E-state index contributed by atoms with van der Waals surface area (Å²) >= 11 is 0. The summed E-state index contributed by atoms with van der Waals surface area (Å²) in [6.07, 6.45) is 0.393. The second kappa shape index (κ2) is 5.54. The third-order valence-corrected chi connectivity index (χ3v) is 2.77. The highest BCUT2D eigenvalue weighted by Gasteiger charge is 2.18. The van der Waals surface area contributed by atoms with Crippen LogP contribution in [0.25, 0.3) is 0 Å². The minimum absolute atomic E-state index is 0.184. The van der Waals surface area contributed by atoms with E-state index in [4.69, 9.17) is 10.5 Å². The third kappa shape index (κ3) is 3.26. The number of carbonyl (C=O) groups excluding carboxylic acids is 1. The average Bonchev–Trinajstić information content (AvgIpc) is 2.25. The first-order chi connectivity index (χ1) is 7.54. The number of ether oxygens (including phenoxy) is 1. The van der Waals surface area contributed by atoms with Crippen LogP contribution in [-0.4, -0.2) is 13.0 Å². The molecule has 0 aliphatic heterocycles. The summed E-state index contributed by atoms with van der Waals surface area (Å²) in [6, 6.07) is 7.80. The molecule has 0 radical (unpaired) electrons. The van der Waals surface area contributed by atoms with E-state index in [-0.39, 0.29) is 11.8 Å². The molecule has 0 aliphatic rings. The van der Waals surface area contributed by atoms with E-state index >= 15 is 0 Å². The standard InChI is InChI=1S/C13H19NO2/c1-9(2)12(8-13(14)15)10-4-6-11(16-3)7-5-10/h4-7,9,12H,8H2,1-3H3,(H2,14,15). The molecule has 3 nitrogen and oxygen atoms in total. The molecular weight excluding hydrogens is 202 g/mol. The van der Waals surface area contributed by atoms with Crippen LogP contribution in [0.4, 0.5) is 0 Å². The zero-order chi connectivity index (χ0) is 12.1. The Hall–Kier alpha value is -1.51. The lowest BCUT2D eigenvalue weighted by atomic mass is 9.85. The molecular formula is C13H19NO2. The van der Waals surface area contributed by atoms with Gasteiger partial charge in [0.25, 0.3) is 0 Å². The molecule has 0 bridgehead atoms. The van der Waals surface area contributed by atoms with Gasteiger partial charge in [-0.05, 0) is 29.5 Å². The van der Waals surface area contributed by atoms with Crippen molar-refractivity contribution in [2.24, 2.45) is 11.7 Å². The van der Waals surface area contributed by atoms with Crippen LogP contribution >= 0.6 is 0 Å². The lowest BCUT2D eigenvalue weighted by Gasteiger charge is -2.20. The molecule has 0 aliphatic carbocycles. The van der Waals surface area contributed by atoms with Gasteiger partial charge in [-0.2, -0.15) is 0 Å². The Balaban J connectivity index is 2.88. The number of amides is 1. The van der Waals surface area contributed by atoms with Gasteiger partial charge in [0.2, 0.25) is 5.91 Å². The Morgan fingerprint density at radius 3 is 2.25 bits per heavy atom. The number of rotatable bonds is 5. The van der Waals surface area contributed by atoms with E-state index in [1.54, 1.807) is 7.11 Å². The molecule has 0 heterocycles. The minimum atomic E-state index is -0.255. The summed E-state index contributed by atoms with van der Waals surface area (Å²) in [7, 11) is 1.64. The molecule has 0 saturated heterocycles. The zero-order valence-corrected chi connectivity index (χ0v) is 10.1. The van der Waals surface area contributed by atoms with E-state index in [0.717, 1.165) is 11.3 Å². The van der Waals surface area contributed by atoms with Gasteiger partial charge < -0.3 is 10.5 Å². The van der Waals surface area contributed by atoms with Gasteiger partial charge in [0.05, 0.1) is 7.11 Å². The van der Waals surface area contributed by atoms with Gasteiger partial charge in [0.1, 0.15) is 5.75 Å². The van der Waals surface area contributed by atoms with Gasteiger partial charge in [0, 0.05) is 6.42 Å². The lowest BCUT2D eigenvalue weighted by Crippen LogP contribution is -2.18. The van der Waals surface area contributed by atoms with Crippen LogP contribution in [0.15, 0.2) is 24.3 Å². The summed E-state index contributed by atoms with van der Waals surface area (Å²) in [4.78, 5) is 11.0. The first-order valence-electron chi connectivity index (χ1n) is 5.47. The second-order valence-electron chi connectivity index (χ2n) is 4.29. The first-order valence-corrected chi connectivity index (χ1v) is 5.47. The van der Waals surface area contributed by atoms with Gasteiger partial charge in [0.15, 0.2) is 0 Å². The second-order valence-corrected chi connectivity index (χ2v) is 4.29. The third-order valence-electron chi connectivity index (χ3n) is 2.77. The molecule has 1 unspecified atom stereocenters. The zero-order valence-electron chi connectivity index (χ0n) is 10.1. The number of methoxy groups -OCH3 is 1. The predicted octanol–water partition coefficient (Wildman–Crippen LogP) is 2.31. The van der Waals surface area contributed by atoms with Crippen LogP contribution in [0.1, 0.15) is 31.7 Å². The van der Waals surface area contributed by atoms with Crippen molar-refractivity contribution in [1.29, 1.82) is 0 Å². The van der Waals surface area contributed by atoms with Crippen molar-refractivity contribution in [1.82, 2.24) is 0 Å². The Morgan fingerprint density at radius 1 is 1.31 bits per heavy atom. The lowest BCUT2D eigenvalue weighted by molar-refractivity contribution is -0.118. The van der Waals surface area contributed by atoms with E-state index in [1.165, 1.54) is 0 Å². The number of nitrogens with two attached hydrogens (primary N) is 1. The van der Waals surface area contributed by atoms with Crippen LogP contribution < -0.4 is 10.5 Å². The molecule has 16 heavy (non-hydrogen) atoms.